The van der Waals surface area contributed by atoms with Crippen LogP contribution in [0.2, 0.25) is 0 Å². The second-order valence-electron chi connectivity index (χ2n) is 11.1. The monoisotopic (exact) mass is 575 g/mol. The number of hydrogen-bond acceptors (Lipinski definition) is 13. The number of H-pyrrole nitrogens is 1. The molecule has 0 radical (unpaired) electrons. The number of aromatic amines is 1. The number of aromatic nitrogens is 4. The fraction of sp³-hybridized carbons (Fsp3) is 0.682. The van der Waals surface area contributed by atoms with E-state index in [9.17, 15) is 23.8 Å². The fourth-order valence-electron chi connectivity index (χ4n) is 3.12. The number of nitrogens with two attached hydrogens (primary N) is 1. The van der Waals surface area contributed by atoms with E-state index in [2.05, 4.69) is 15.0 Å². The summed E-state index contributed by atoms with van der Waals surface area (Å²) in [6.45, 7) is 8.38. The maximum atomic E-state index is 13.1. The quantitative estimate of drug-likeness (QED) is 0.161. The Labute approximate surface area is 223 Å². The Hall–Kier alpha value is -3.20. The van der Waals surface area contributed by atoms with Gasteiger partial charge in [0.15, 0.2) is 11.2 Å². The number of fused-ring (bicyclic) bond motifs is 1. The topological polar surface area (TPSA) is 216 Å². The highest BCUT2D eigenvalue weighted by Crippen LogP contribution is 2.52. The van der Waals surface area contributed by atoms with E-state index in [1.807, 2.05) is 0 Å². The number of nitrogen functional groups attached to an aromatic ring is 1. The van der Waals surface area contributed by atoms with Crippen LogP contribution in [0, 0.1) is 0 Å². The van der Waals surface area contributed by atoms with Gasteiger partial charge in [-0.15, -0.1) is 4.67 Å². The molecule has 1 aliphatic carbocycles. The molecule has 17 heteroatoms. The molecule has 0 amide bonds. The number of anilines is 1. The molecule has 2 aromatic rings. The van der Waals surface area contributed by atoms with Crippen LogP contribution >= 0.6 is 7.60 Å². The molecule has 0 aliphatic heterocycles. The van der Waals surface area contributed by atoms with Gasteiger partial charge in [-0.25, -0.2) is 19.5 Å². The second kappa shape index (κ2) is 11.1. The minimum atomic E-state index is -4.73. The maximum absolute atomic E-state index is 13.1. The van der Waals surface area contributed by atoms with Crippen molar-refractivity contribution >= 4 is 37.0 Å². The van der Waals surface area contributed by atoms with Gasteiger partial charge in [0.25, 0.3) is 5.56 Å². The third-order valence-electron chi connectivity index (χ3n) is 5.11. The Morgan fingerprint density at radius 2 is 1.67 bits per heavy atom. The van der Waals surface area contributed by atoms with Crippen LogP contribution in [0.1, 0.15) is 54.4 Å². The zero-order valence-corrected chi connectivity index (χ0v) is 23.5. The van der Waals surface area contributed by atoms with Crippen molar-refractivity contribution in [1.29, 1.82) is 0 Å². The molecule has 2 heterocycles. The molecular weight excluding hydrogens is 541 g/mol. The largest absolute Gasteiger partial charge is 0.508 e. The van der Waals surface area contributed by atoms with Gasteiger partial charge in [-0.05, 0) is 54.4 Å². The normalized spacial score (nSPS) is 16.5. The average Bonchev–Trinajstić information content (AvgIpc) is 3.42. The molecule has 0 spiro atoms. The van der Waals surface area contributed by atoms with E-state index in [4.69, 9.17) is 34.2 Å². The number of hydrogen-bond donors (Lipinski definition) is 3. The Bertz CT molecular complexity index is 1270. The van der Waals surface area contributed by atoms with Gasteiger partial charge in [-0.3, -0.25) is 14.3 Å². The summed E-state index contributed by atoms with van der Waals surface area (Å²) in [5.41, 5.74) is 1.05. The van der Waals surface area contributed by atoms with Crippen molar-refractivity contribution in [3.8, 4) is 0 Å². The summed E-state index contributed by atoms with van der Waals surface area (Å²) in [6, 6.07) is 0. The average molecular weight is 576 g/mol. The van der Waals surface area contributed by atoms with E-state index in [1.54, 1.807) is 41.5 Å². The first-order chi connectivity index (χ1) is 17.9. The summed E-state index contributed by atoms with van der Waals surface area (Å²) >= 11 is 0. The standard InChI is InChI=1S/C22H34N5O11P/c1-20(2,3)35-18(29)33-9-13(10-34-19(30)36-21(4,5)6)39(31,32)38-37-22(7-8-22)11-27-12-24-14-15(27)25-17(23)26-16(14)28/h12-13H,7-11H2,1-6H3,(H,31,32)(H3,23,25,26,28). The van der Waals surface area contributed by atoms with Crippen molar-refractivity contribution < 1.29 is 47.6 Å². The Balaban J connectivity index is 1.69. The van der Waals surface area contributed by atoms with Crippen LogP contribution in [-0.2, 0) is 39.6 Å². The van der Waals surface area contributed by atoms with Crippen LogP contribution in [0.3, 0.4) is 0 Å². The van der Waals surface area contributed by atoms with E-state index in [0.29, 0.717) is 12.8 Å². The van der Waals surface area contributed by atoms with Crippen molar-refractivity contribution in [2.75, 3.05) is 18.9 Å². The lowest BCUT2D eigenvalue weighted by molar-refractivity contribution is -0.267. The van der Waals surface area contributed by atoms with Gasteiger partial charge in [0.1, 0.15) is 35.7 Å². The lowest BCUT2D eigenvalue weighted by Crippen LogP contribution is -2.32. The van der Waals surface area contributed by atoms with E-state index < -0.39 is 61.1 Å². The number of carbonyl (C=O) groups is 2. The van der Waals surface area contributed by atoms with Gasteiger partial charge in [0.05, 0.1) is 12.9 Å². The molecule has 0 bridgehead atoms. The van der Waals surface area contributed by atoms with Crippen molar-refractivity contribution in [3.05, 3.63) is 16.7 Å². The van der Waals surface area contributed by atoms with E-state index in [0.717, 1.165) is 0 Å². The van der Waals surface area contributed by atoms with E-state index >= 15 is 0 Å². The van der Waals surface area contributed by atoms with Crippen LogP contribution < -0.4 is 11.3 Å². The molecule has 4 N–H and O–H groups in total. The van der Waals surface area contributed by atoms with Crippen LogP contribution in [0.15, 0.2) is 11.1 Å². The van der Waals surface area contributed by atoms with Gasteiger partial charge in [-0.1, -0.05) is 0 Å². The van der Waals surface area contributed by atoms with Gasteiger partial charge in [0, 0.05) is 0 Å². The number of nitrogens with zero attached hydrogens (tertiary/aromatic N) is 3. The summed E-state index contributed by atoms with van der Waals surface area (Å²) in [5.74, 6) is -0.103. The van der Waals surface area contributed by atoms with Crippen LogP contribution in [0.4, 0.5) is 15.5 Å². The first-order valence-electron chi connectivity index (χ1n) is 12.0. The molecule has 2 aromatic heterocycles. The zero-order chi connectivity index (χ0) is 29.2. The number of carbonyl (C=O) groups excluding carboxylic acids is 2. The fourth-order valence-corrected chi connectivity index (χ4v) is 4.03. The van der Waals surface area contributed by atoms with Crippen molar-refractivity contribution in [1.82, 2.24) is 19.5 Å². The minimum Gasteiger partial charge on any atom is -0.433 e. The Kier molecular flexibility index (Phi) is 8.65. The highest BCUT2D eigenvalue weighted by molar-refractivity contribution is 7.53. The van der Waals surface area contributed by atoms with Crippen LogP contribution in [-0.4, -0.2) is 72.4 Å². The summed E-state index contributed by atoms with van der Waals surface area (Å²) in [5, 5.41) is 0. The highest BCUT2D eigenvalue weighted by atomic mass is 31.2. The first kappa shape index (κ1) is 30.3. The lowest BCUT2D eigenvalue weighted by atomic mass is 10.2. The Morgan fingerprint density at radius 3 is 2.15 bits per heavy atom. The summed E-state index contributed by atoms with van der Waals surface area (Å²) in [7, 11) is -4.73. The molecule has 1 saturated carbocycles. The Morgan fingerprint density at radius 1 is 1.13 bits per heavy atom. The SMILES string of the molecule is CC(C)(C)OC(=O)OCC(COC(=O)OC(C)(C)C)P(=O)(O)OOC1(Cn2cnc3c(=O)[nH]c(N)nc32)CC1. The molecule has 39 heavy (non-hydrogen) atoms. The summed E-state index contributed by atoms with van der Waals surface area (Å²) in [4.78, 5) is 62.6. The molecule has 1 atom stereocenters. The second-order valence-corrected chi connectivity index (χ2v) is 13.1. The van der Waals surface area contributed by atoms with Gasteiger partial charge in [-0.2, -0.15) is 4.98 Å². The predicted octanol–water partition coefficient (Wildman–Crippen LogP) is 2.64. The highest BCUT2D eigenvalue weighted by Gasteiger charge is 2.49. The molecule has 0 aromatic carbocycles. The summed E-state index contributed by atoms with van der Waals surface area (Å²) < 4.78 is 39.7. The van der Waals surface area contributed by atoms with Crippen molar-refractivity contribution in [3.63, 3.8) is 0 Å². The maximum Gasteiger partial charge on any atom is 0.508 e. The van der Waals surface area contributed by atoms with Crippen molar-refractivity contribution in [2.45, 2.75) is 83.4 Å². The lowest BCUT2D eigenvalue weighted by Gasteiger charge is -2.25. The molecule has 1 aliphatic rings. The van der Waals surface area contributed by atoms with E-state index in [-0.39, 0.29) is 23.7 Å². The zero-order valence-electron chi connectivity index (χ0n) is 22.6. The molecular formula is C22H34N5O11P. The molecule has 218 valence electrons. The molecule has 1 fully saturated rings. The number of imidazole rings is 1. The molecule has 0 saturated heterocycles. The molecule has 3 rings (SSSR count). The van der Waals surface area contributed by atoms with Crippen molar-refractivity contribution in [2.24, 2.45) is 0 Å². The molecule has 1 unspecified atom stereocenters. The third kappa shape index (κ3) is 8.92. The smallest absolute Gasteiger partial charge is 0.433 e. The predicted molar refractivity (Wildman–Crippen MR) is 135 cm³/mol. The number of nitrogens with one attached hydrogen (secondary N) is 1. The number of rotatable bonds is 10. The third-order valence-corrected chi connectivity index (χ3v) is 6.62. The molecule has 16 nitrogen and oxygen atoms in total. The van der Waals surface area contributed by atoms with Gasteiger partial charge >= 0.3 is 19.9 Å². The van der Waals surface area contributed by atoms with Crippen LogP contribution in [0.25, 0.3) is 11.2 Å². The number of ether oxygens (including phenoxy) is 4. The summed E-state index contributed by atoms with van der Waals surface area (Å²) in [6.07, 6.45) is 0.0502. The van der Waals surface area contributed by atoms with Crippen LogP contribution in [0.5, 0.6) is 0 Å². The first-order valence-corrected chi connectivity index (χ1v) is 13.6. The van der Waals surface area contributed by atoms with Gasteiger partial charge in [0.2, 0.25) is 5.95 Å². The van der Waals surface area contributed by atoms with E-state index in [1.165, 1.54) is 10.9 Å². The van der Waals surface area contributed by atoms with Gasteiger partial charge < -0.3 is 34.1 Å². The minimum absolute atomic E-state index is 0.0624.